The van der Waals surface area contributed by atoms with Crippen molar-refractivity contribution >= 4 is 0 Å². The Morgan fingerprint density at radius 1 is 1.10 bits per heavy atom. The Bertz CT molecular complexity index is 455. The zero-order chi connectivity index (χ0) is 14.8. The highest BCUT2D eigenvalue weighted by molar-refractivity contribution is 5.19. The Morgan fingerprint density at radius 3 is 2.71 bits per heavy atom. The van der Waals surface area contributed by atoms with Gasteiger partial charge in [-0.3, -0.25) is 0 Å². The van der Waals surface area contributed by atoms with E-state index in [2.05, 4.69) is 20.4 Å². The van der Waals surface area contributed by atoms with Crippen molar-refractivity contribution < 1.29 is 4.39 Å². The number of rotatable bonds is 0. The third-order valence-corrected chi connectivity index (χ3v) is 8.24. The lowest BCUT2D eigenvalue weighted by atomic mass is 9.44. The van der Waals surface area contributed by atoms with Crippen LogP contribution in [0.25, 0.3) is 0 Å². The standard InChI is InChI=1S/C20H31F/c1-13-10-15-17(20(3)8-5-4-6-16(13)20)7-9-19(2)12-14(21)11-18(15)19/h14-18H,1,4-12H2,2-3H3. The van der Waals surface area contributed by atoms with E-state index in [1.54, 1.807) is 0 Å². The maximum Gasteiger partial charge on any atom is 0.101 e. The Balaban J connectivity index is 1.69. The predicted molar refractivity (Wildman–Crippen MR) is 85.8 cm³/mol. The summed E-state index contributed by atoms with van der Waals surface area (Å²) in [4.78, 5) is 0. The second-order valence-electron chi connectivity index (χ2n) is 9.27. The fourth-order valence-electron chi connectivity index (χ4n) is 7.28. The molecule has 4 rings (SSSR count). The molecule has 7 unspecified atom stereocenters. The van der Waals surface area contributed by atoms with Crippen molar-refractivity contribution in [2.75, 3.05) is 0 Å². The van der Waals surface area contributed by atoms with Crippen molar-refractivity contribution in [2.45, 2.75) is 77.8 Å². The van der Waals surface area contributed by atoms with Gasteiger partial charge in [0.05, 0.1) is 0 Å². The summed E-state index contributed by atoms with van der Waals surface area (Å²) in [5.74, 6) is 2.97. The van der Waals surface area contributed by atoms with Gasteiger partial charge in [-0.1, -0.05) is 38.8 Å². The summed E-state index contributed by atoms with van der Waals surface area (Å²) in [5, 5.41) is 0. The van der Waals surface area contributed by atoms with Gasteiger partial charge in [-0.15, -0.1) is 0 Å². The summed E-state index contributed by atoms with van der Waals surface area (Å²) in [6.07, 6.45) is 10.5. The van der Waals surface area contributed by atoms with Crippen LogP contribution < -0.4 is 0 Å². The van der Waals surface area contributed by atoms with Crippen LogP contribution in [0.4, 0.5) is 4.39 Å². The molecule has 0 aromatic rings. The van der Waals surface area contributed by atoms with E-state index in [0.29, 0.717) is 16.7 Å². The van der Waals surface area contributed by atoms with Gasteiger partial charge in [-0.25, -0.2) is 4.39 Å². The normalized spacial score (nSPS) is 56.5. The first-order valence-electron chi connectivity index (χ1n) is 9.26. The van der Waals surface area contributed by atoms with E-state index < -0.39 is 6.17 Å². The SMILES string of the molecule is C=C1CC2C3CC(F)CC3(C)CCC2C2(C)CCCCC12. The molecule has 7 atom stereocenters. The molecule has 0 aromatic carbocycles. The molecule has 4 aliphatic rings. The first-order chi connectivity index (χ1) is 9.94. The molecule has 0 heterocycles. The van der Waals surface area contributed by atoms with Crippen molar-refractivity contribution in [1.29, 1.82) is 0 Å². The molecule has 0 saturated heterocycles. The molecule has 0 radical (unpaired) electrons. The molecule has 118 valence electrons. The van der Waals surface area contributed by atoms with Gasteiger partial charge in [0.2, 0.25) is 0 Å². The summed E-state index contributed by atoms with van der Waals surface area (Å²) in [6.45, 7) is 9.44. The third kappa shape index (κ3) is 1.91. The molecule has 0 amide bonds. The average molecular weight is 290 g/mol. The van der Waals surface area contributed by atoms with Crippen molar-refractivity contribution in [3.05, 3.63) is 12.2 Å². The van der Waals surface area contributed by atoms with Gasteiger partial charge >= 0.3 is 0 Å². The highest BCUT2D eigenvalue weighted by Gasteiger charge is 2.59. The topological polar surface area (TPSA) is 0 Å². The average Bonchev–Trinajstić information content (AvgIpc) is 2.73. The Hall–Kier alpha value is -0.330. The van der Waals surface area contributed by atoms with Gasteiger partial charge in [-0.2, -0.15) is 0 Å². The smallest absolute Gasteiger partial charge is 0.101 e. The number of halogens is 1. The molecule has 4 fully saturated rings. The Labute approximate surface area is 129 Å². The number of allylic oxidation sites excluding steroid dienone is 1. The molecule has 1 heteroatoms. The van der Waals surface area contributed by atoms with Gasteiger partial charge in [0.15, 0.2) is 0 Å². The minimum Gasteiger partial charge on any atom is -0.247 e. The maximum atomic E-state index is 14.1. The van der Waals surface area contributed by atoms with Gasteiger partial charge in [0.1, 0.15) is 6.17 Å². The zero-order valence-electron chi connectivity index (χ0n) is 13.8. The third-order valence-electron chi connectivity index (χ3n) is 8.24. The van der Waals surface area contributed by atoms with Gasteiger partial charge < -0.3 is 0 Å². The van der Waals surface area contributed by atoms with E-state index in [1.165, 1.54) is 50.5 Å². The van der Waals surface area contributed by atoms with Crippen LogP contribution in [0.15, 0.2) is 12.2 Å². The molecule has 21 heavy (non-hydrogen) atoms. The summed E-state index contributed by atoms with van der Waals surface area (Å²) >= 11 is 0. The Kier molecular flexibility index (Phi) is 3.12. The van der Waals surface area contributed by atoms with Gasteiger partial charge in [-0.05, 0) is 79.4 Å². The predicted octanol–water partition coefficient (Wildman–Crippen LogP) is 5.92. The largest absolute Gasteiger partial charge is 0.247 e. The highest BCUT2D eigenvalue weighted by Crippen LogP contribution is 2.67. The minimum atomic E-state index is -0.538. The van der Waals surface area contributed by atoms with Crippen LogP contribution in [0.1, 0.15) is 71.6 Å². The van der Waals surface area contributed by atoms with E-state index >= 15 is 0 Å². The summed E-state index contributed by atoms with van der Waals surface area (Å²) in [7, 11) is 0. The number of fused-ring (bicyclic) bond motifs is 5. The minimum absolute atomic E-state index is 0.290. The zero-order valence-corrected chi connectivity index (χ0v) is 13.8. The quantitative estimate of drug-likeness (QED) is 0.485. The van der Waals surface area contributed by atoms with E-state index in [1.807, 2.05) is 0 Å². The molecule has 0 aliphatic heterocycles. The van der Waals surface area contributed by atoms with Crippen LogP contribution in [0.2, 0.25) is 0 Å². The highest BCUT2D eigenvalue weighted by atomic mass is 19.1. The van der Waals surface area contributed by atoms with Crippen LogP contribution >= 0.6 is 0 Å². The number of hydrogen-bond acceptors (Lipinski definition) is 0. The van der Waals surface area contributed by atoms with Crippen LogP contribution in [0, 0.1) is 34.5 Å². The van der Waals surface area contributed by atoms with Crippen LogP contribution in [0.3, 0.4) is 0 Å². The molecule has 0 bridgehead atoms. The maximum absolute atomic E-state index is 14.1. The molecule has 0 spiro atoms. The van der Waals surface area contributed by atoms with Gasteiger partial charge in [0.25, 0.3) is 0 Å². The van der Waals surface area contributed by atoms with Crippen molar-refractivity contribution in [3.8, 4) is 0 Å². The first kappa shape index (κ1) is 14.3. The second-order valence-corrected chi connectivity index (χ2v) is 9.27. The van der Waals surface area contributed by atoms with Crippen molar-refractivity contribution in [3.63, 3.8) is 0 Å². The molecule has 4 aliphatic carbocycles. The summed E-state index contributed by atoms with van der Waals surface area (Å²) in [6, 6.07) is 0. The van der Waals surface area contributed by atoms with Crippen LogP contribution in [-0.2, 0) is 0 Å². The van der Waals surface area contributed by atoms with E-state index in [9.17, 15) is 4.39 Å². The number of alkyl halides is 1. The van der Waals surface area contributed by atoms with Crippen LogP contribution in [-0.4, -0.2) is 6.17 Å². The van der Waals surface area contributed by atoms with Crippen LogP contribution in [0.5, 0.6) is 0 Å². The lowest BCUT2D eigenvalue weighted by Gasteiger charge is -2.60. The fraction of sp³-hybridized carbons (Fsp3) is 0.900. The van der Waals surface area contributed by atoms with Crippen molar-refractivity contribution in [2.24, 2.45) is 34.5 Å². The molecular formula is C20H31F. The molecular weight excluding hydrogens is 259 g/mol. The molecule has 0 aromatic heterocycles. The molecule has 0 N–H and O–H groups in total. The number of hydrogen-bond donors (Lipinski definition) is 0. The monoisotopic (exact) mass is 290 g/mol. The second kappa shape index (κ2) is 4.59. The lowest BCUT2D eigenvalue weighted by Crippen LogP contribution is -2.52. The van der Waals surface area contributed by atoms with E-state index in [4.69, 9.17) is 0 Å². The van der Waals surface area contributed by atoms with Gasteiger partial charge in [0, 0.05) is 0 Å². The molecule has 0 nitrogen and oxygen atoms in total. The molecule has 4 saturated carbocycles. The fourth-order valence-corrected chi connectivity index (χ4v) is 7.28. The first-order valence-corrected chi connectivity index (χ1v) is 9.26. The lowest BCUT2D eigenvalue weighted by molar-refractivity contribution is -0.0797. The van der Waals surface area contributed by atoms with E-state index in [0.717, 1.165) is 30.6 Å². The Morgan fingerprint density at radius 2 is 1.90 bits per heavy atom. The van der Waals surface area contributed by atoms with E-state index in [-0.39, 0.29) is 0 Å². The summed E-state index contributed by atoms with van der Waals surface area (Å²) in [5.41, 5.74) is 2.29. The summed E-state index contributed by atoms with van der Waals surface area (Å²) < 4.78 is 14.1. The van der Waals surface area contributed by atoms with Crippen molar-refractivity contribution in [1.82, 2.24) is 0 Å².